The number of hydrogen-bond donors (Lipinski definition) is 0. The molecular formula is C8H14O2. The van der Waals surface area contributed by atoms with E-state index in [4.69, 9.17) is 9.47 Å². The van der Waals surface area contributed by atoms with Crippen LogP contribution in [0, 0.1) is 0 Å². The lowest BCUT2D eigenvalue weighted by molar-refractivity contribution is 0.169. The molecule has 0 saturated carbocycles. The van der Waals surface area contributed by atoms with Gasteiger partial charge in [0, 0.05) is 5.57 Å². The van der Waals surface area contributed by atoms with Gasteiger partial charge in [-0.05, 0) is 13.3 Å². The highest BCUT2D eigenvalue weighted by molar-refractivity contribution is 5.00. The Hall–Kier alpha value is -0.660. The zero-order valence-electron chi connectivity index (χ0n) is 6.64. The molecule has 0 aromatic carbocycles. The lowest BCUT2D eigenvalue weighted by atomic mass is 10.2. The summed E-state index contributed by atoms with van der Waals surface area (Å²) in [6, 6.07) is 0. The van der Waals surface area contributed by atoms with Crippen LogP contribution in [0.15, 0.2) is 11.5 Å². The maximum absolute atomic E-state index is 5.22. The molecule has 0 N–H and O–H groups in total. The molecular weight excluding hydrogens is 128 g/mol. The summed E-state index contributed by atoms with van der Waals surface area (Å²) in [4.78, 5) is 0. The lowest BCUT2D eigenvalue weighted by Gasteiger charge is -2.01. The van der Waals surface area contributed by atoms with Gasteiger partial charge in [-0.1, -0.05) is 13.3 Å². The minimum atomic E-state index is 0.719. The Kier molecular flexibility index (Phi) is 2.60. The smallest absolute Gasteiger partial charge is 0.278 e. The number of allylic oxidation sites excluding steroid dienone is 1. The molecule has 0 bridgehead atoms. The quantitative estimate of drug-likeness (QED) is 0.587. The highest BCUT2D eigenvalue weighted by Gasteiger charge is 2.10. The Morgan fingerprint density at radius 2 is 2.00 bits per heavy atom. The maximum Gasteiger partial charge on any atom is 0.278 e. The van der Waals surface area contributed by atoms with E-state index in [9.17, 15) is 0 Å². The van der Waals surface area contributed by atoms with E-state index >= 15 is 0 Å². The Bertz CT molecular complexity index is 130. The maximum atomic E-state index is 5.22. The predicted molar refractivity (Wildman–Crippen MR) is 39.5 cm³/mol. The first kappa shape index (κ1) is 7.45. The van der Waals surface area contributed by atoms with Gasteiger partial charge in [0.05, 0.1) is 0 Å². The van der Waals surface area contributed by atoms with Gasteiger partial charge in [0.15, 0.2) is 0 Å². The van der Waals surface area contributed by atoms with Crippen molar-refractivity contribution in [3.05, 3.63) is 11.5 Å². The van der Waals surface area contributed by atoms with Crippen molar-refractivity contribution in [1.82, 2.24) is 0 Å². The van der Waals surface area contributed by atoms with Gasteiger partial charge in [-0.2, -0.15) is 0 Å². The van der Waals surface area contributed by atoms with Crippen LogP contribution in [0.4, 0.5) is 0 Å². The molecule has 1 heterocycles. The van der Waals surface area contributed by atoms with E-state index in [1.165, 1.54) is 5.57 Å². The minimum Gasteiger partial charge on any atom is -0.462 e. The largest absolute Gasteiger partial charge is 0.462 e. The van der Waals surface area contributed by atoms with E-state index in [0.717, 1.165) is 32.0 Å². The monoisotopic (exact) mass is 142 g/mol. The zero-order valence-corrected chi connectivity index (χ0v) is 6.64. The standard InChI is InChI=1S/C8H14O2/c1-3-4-7(2)8-9-5-6-10-8/h3-6H2,1-2H3. The normalized spacial score (nSPS) is 16.4. The third kappa shape index (κ3) is 1.66. The summed E-state index contributed by atoms with van der Waals surface area (Å²) in [5, 5.41) is 0. The van der Waals surface area contributed by atoms with E-state index in [2.05, 4.69) is 13.8 Å². The van der Waals surface area contributed by atoms with Crippen LogP contribution in [0.25, 0.3) is 0 Å². The number of hydrogen-bond acceptors (Lipinski definition) is 2. The Morgan fingerprint density at radius 3 is 2.50 bits per heavy atom. The molecule has 0 unspecified atom stereocenters. The Balaban J connectivity index is 2.46. The molecule has 1 fully saturated rings. The second kappa shape index (κ2) is 3.49. The fourth-order valence-electron chi connectivity index (χ4n) is 1.03. The van der Waals surface area contributed by atoms with Crippen molar-refractivity contribution in [3.8, 4) is 0 Å². The molecule has 58 valence electrons. The second-order valence-corrected chi connectivity index (χ2v) is 2.51. The molecule has 0 atom stereocenters. The van der Waals surface area contributed by atoms with Crippen LogP contribution in [0.2, 0.25) is 0 Å². The van der Waals surface area contributed by atoms with Crippen molar-refractivity contribution in [2.45, 2.75) is 26.7 Å². The first-order valence-electron chi connectivity index (χ1n) is 3.80. The lowest BCUT2D eigenvalue weighted by Crippen LogP contribution is -1.87. The van der Waals surface area contributed by atoms with Crippen LogP contribution >= 0.6 is 0 Å². The van der Waals surface area contributed by atoms with Gasteiger partial charge in [0.2, 0.25) is 0 Å². The van der Waals surface area contributed by atoms with Crippen LogP contribution in [0.3, 0.4) is 0 Å². The number of ether oxygens (including phenoxy) is 2. The molecule has 0 aliphatic carbocycles. The summed E-state index contributed by atoms with van der Waals surface area (Å²) in [5.41, 5.74) is 1.24. The molecule has 1 aliphatic heterocycles. The molecule has 0 aromatic rings. The van der Waals surface area contributed by atoms with Crippen molar-refractivity contribution in [3.63, 3.8) is 0 Å². The van der Waals surface area contributed by atoms with Crippen LogP contribution < -0.4 is 0 Å². The third-order valence-electron chi connectivity index (χ3n) is 1.52. The van der Waals surface area contributed by atoms with E-state index in [0.29, 0.717) is 0 Å². The van der Waals surface area contributed by atoms with Gasteiger partial charge in [0.1, 0.15) is 13.2 Å². The Labute approximate surface area is 61.8 Å². The topological polar surface area (TPSA) is 18.5 Å². The van der Waals surface area contributed by atoms with E-state index in [1.807, 2.05) is 0 Å². The first-order valence-corrected chi connectivity index (χ1v) is 3.80. The molecule has 0 spiro atoms. The van der Waals surface area contributed by atoms with Crippen LogP contribution in [0.1, 0.15) is 26.7 Å². The van der Waals surface area contributed by atoms with Gasteiger partial charge in [-0.15, -0.1) is 0 Å². The van der Waals surface area contributed by atoms with Crippen molar-refractivity contribution in [1.29, 1.82) is 0 Å². The summed E-state index contributed by atoms with van der Waals surface area (Å²) in [6.45, 7) is 5.65. The van der Waals surface area contributed by atoms with Gasteiger partial charge in [0.25, 0.3) is 5.95 Å². The minimum absolute atomic E-state index is 0.719. The van der Waals surface area contributed by atoms with Crippen LogP contribution in [0.5, 0.6) is 0 Å². The molecule has 0 amide bonds. The molecule has 1 aliphatic rings. The Morgan fingerprint density at radius 1 is 1.40 bits per heavy atom. The van der Waals surface area contributed by atoms with Gasteiger partial charge >= 0.3 is 0 Å². The second-order valence-electron chi connectivity index (χ2n) is 2.51. The predicted octanol–water partition coefficient (Wildman–Crippen LogP) is 2.06. The summed E-state index contributed by atoms with van der Waals surface area (Å²) in [5.74, 6) is 0.766. The molecule has 1 saturated heterocycles. The average molecular weight is 142 g/mol. The van der Waals surface area contributed by atoms with Crippen molar-refractivity contribution < 1.29 is 9.47 Å². The van der Waals surface area contributed by atoms with Crippen LogP contribution in [-0.4, -0.2) is 13.2 Å². The fraction of sp³-hybridized carbons (Fsp3) is 0.750. The van der Waals surface area contributed by atoms with Crippen LogP contribution in [-0.2, 0) is 9.47 Å². The average Bonchev–Trinajstić information content (AvgIpc) is 2.38. The zero-order chi connectivity index (χ0) is 7.40. The first-order chi connectivity index (χ1) is 4.84. The van der Waals surface area contributed by atoms with Gasteiger partial charge < -0.3 is 9.47 Å². The highest BCUT2D eigenvalue weighted by atomic mass is 16.7. The van der Waals surface area contributed by atoms with E-state index in [-0.39, 0.29) is 0 Å². The van der Waals surface area contributed by atoms with Crippen molar-refractivity contribution in [2.75, 3.05) is 13.2 Å². The summed E-state index contributed by atoms with van der Waals surface area (Å²) < 4.78 is 10.4. The van der Waals surface area contributed by atoms with Gasteiger partial charge in [-0.25, -0.2) is 0 Å². The molecule has 1 rings (SSSR count). The summed E-state index contributed by atoms with van der Waals surface area (Å²) in [7, 11) is 0. The highest BCUT2D eigenvalue weighted by Crippen LogP contribution is 2.16. The van der Waals surface area contributed by atoms with E-state index in [1.54, 1.807) is 0 Å². The molecule has 0 aromatic heterocycles. The van der Waals surface area contributed by atoms with Gasteiger partial charge in [-0.3, -0.25) is 0 Å². The molecule has 2 heteroatoms. The van der Waals surface area contributed by atoms with Crippen molar-refractivity contribution in [2.24, 2.45) is 0 Å². The van der Waals surface area contributed by atoms with Crippen molar-refractivity contribution >= 4 is 0 Å². The molecule has 10 heavy (non-hydrogen) atoms. The number of rotatable bonds is 2. The third-order valence-corrected chi connectivity index (χ3v) is 1.52. The summed E-state index contributed by atoms with van der Waals surface area (Å²) in [6.07, 6.45) is 2.23. The fourth-order valence-corrected chi connectivity index (χ4v) is 1.03. The molecule has 2 nitrogen and oxygen atoms in total. The SMILES string of the molecule is CCCC(C)=C1OCCO1. The van der Waals surface area contributed by atoms with E-state index < -0.39 is 0 Å². The molecule has 0 radical (unpaired) electrons. The summed E-state index contributed by atoms with van der Waals surface area (Å²) >= 11 is 0.